The molecule has 0 aromatic carbocycles. The summed E-state index contributed by atoms with van der Waals surface area (Å²) in [4.78, 5) is 12.0. The molecule has 2 aromatic rings. The molecule has 4 N–H and O–H groups in total. The van der Waals surface area contributed by atoms with Crippen LogP contribution in [0.1, 0.15) is 54.5 Å². The fraction of sp³-hybridized carbons (Fsp3) is 0.588. The van der Waals surface area contributed by atoms with E-state index in [-0.39, 0.29) is 31.0 Å². The Morgan fingerprint density at radius 1 is 1.59 bits per heavy atom. The molecule has 2 aliphatic rings. The van der Waals surface area contributed by atoms with E-state index in [1.54, 1.807) is 4.68 Å². The number of fused-ring (bicyclic) bond motifs is 2. The Bertz CT molecular complexity index is 855. The summed E-state index contributed by atoms with van der Waals surface area (Å²) in [6, 6.07) is 1.97. The van der Waals surface area contributed by atoms with E-state index >= 15 is 0 Å². The van der Waals surface area contributed by atoms with Gasteiger partial charge in [-0.3, -0.25) is 9.48 Å². The van der Waals surface area contributed by atoms with Crippen LogP contribution in [-0.2, 0) is 21.7 Å². The molecule has 1 saturated heterocycles. The smallest absolute Gasteiger partial charge is 0.219 e. The second-order valence-electron chi connectivity index (χ2n) is 7.31. The zero-order valence-electron chi connectivity index (χ0n) is 14.9. The van der Waals surface area contributed by atoms with E-state index in [9.17, 15) is 9.90 Å². The molecule has 146 valence electrons. The van der Waals surface area contributed by atoms with Gasteiger partial charge >= 0.3 is 0 Å². The van der Waals surface area contributed by atoms with Gasteiger partial charge in [0.15, 0.2) is 0 Å². The Hall–Kier alpha value is -1.52. The molecule has 0 aliphatic carbocycles. The lowest BCUT2D eigenvalue weighted by molar-refractivity contribution is -0.129. The number of aliphatic hydroxyl groups excluding tert-OH is 1. The lowest BCUT2D eigenvalue weighted by Crippen LogP contribution is -2.50. The molecule has 4 rings (SSSR count). The van der Waals surface area contributed by atoms with Gasteiger partial charge in [-0.1, -0.05) is 16.8 Å². The fourth-order valence-corrected chi connectivity index (χ4v) is 5.49. The second-order valence-corrected chi connectivity index (χ2v) is 8.99. The molecule has 27 heavy (non-hydrogen) atoms. The summed E-state index contributed by atoms with van der Waals surface area (Å²) in [7, 11) is 0. The quantitative estimate of drug-likeness (QED) is 0.704. The van der Waals surface area contributed by atoms with Gasteiger partial charge in [-0.15, -0.1) is 16.4 Å². The first-order chi connectivity index (χ1) is 12.9. The average Bonchev–Trinajstić information content (AvgIpc) is 3.23. The first kappa shape index (κ1) is 18.8. The van der Waals surface area contributed by atoms with Crippen molar-refractivity contribution in [3.8, 4) is 0 Å². The number of aromatic nitrogens is 3. The summed E-state index contributed by atoms with van der Waals surface area (Å²) in [5.74, 6) is -0.369. The monoisotopic (exact) mass is 411 g/mol. The second kappa shape index (κ2) is 7.14. The van der Waals surface area contributed by atoms with Gasteiger partial charge < -0.3 is 20.9 Å². The van der Waals surface area contributed by atoms with Crippen molar-refractivity contribution in [3.63, 3.8) is 0 Å². The molecule has 0 unspecified atom stereocenters. The van der Waals surface area contributed by atoms with Gasteiger partial charge in [0, 0.05) is 29.3 Å². The number of ether oxygens (including phenoxy) is 1. The number of carbonyl (C=O) groups is 1. The number of aryl methyl sites for hydroxylation is 1. The first-order valence-corrected chi connectivity index (χ1v) is 10.1. The Morgan fingerprint density at radius 3 is 3.19 bits per heavy atom. The standard InChI is InChI=1S/C17H22ClN5O3S/c1-9-5-17(16-10(4-14(18)27-16)13(24)8-26-17)6-11(20-9)12-7-23(22-21-12)3-2-15(19)25/h4,7,9,11,13,20,24H,2-3,5-6,8H2,1H3,(H2,19,25)/t9-,11-,13+,17-/m0/s1. The van der Waals surface area contributed by atoms with E-state index in [4.69, 9.17) is 22.1 Å². The number of nitrogens with zero attached hydrogens (tertiary/aromatic N) is 3. The summed E-state index contributed by atoms with van der Waals surface area (Å²) in [5, 5.41) is 22.2. The highest BCUT2D eigenvalue weighted by Gasteiger charge is 2.48. The maximum Gasteiger partial charge on any atom is 0.219 e. The van der Waals surface area contributed by atoms with Crippen LogP contribution in [0.25, 0.3) is 0 Å². The molecule has 2 aliphatic heterocycles. The molecule has 0 bridgehead atoms. The molecule has 10 heteroatoms. The number of carbonyl (C=O) groups excluding carboxylic acids is 1. The molecular formula is C17H22ClN5O3S. The molecule has 1 fully saturated rings. The molecule has 4 atom stereocenters. The van der Waals surface area contributed by atoms with Crippen LogP contribution in [0.5, 0.6) is 0 Å². The van der Waals surface area contributed by atoms with Crippen molar-refractivity contribution in [1.29, 1.82) is 0 Å². The molecule has 0 radical (unpaired) electrons. The summed E-state index contributed by atoms with van der Waals surface area (Å²) >= 11 is 7.72. The van der Waals surface area contributed by atoms with E-state index in [1.807, 2.05) is 12.3 Å². The molecule has 1 amide bonds. The highest BCUT2D eigenvalue weighted by molar-refractivity contribution is 7.16. The van der Waals surface area contributed by atoms with Gasteiger partial charge in [0.25, 0.3) is 0 Å². The highest BCUT2D eigenvalue weighted by Crippen LogP contribution is 2.51. The number of piperidine rings is 1. The van der Waals surface area contributed by atoms with E-state index in [2.05, 4.69) is 22.6 Å². The first-order valence-electron chi connectivity index (χ1n) is 8.92. The van der Waals surface area contributed by atoms with E-state index < -0.39 is 11.7 Å². The molecule has 0 saturated carbocycles. The van der Waals surface area contributed by atoms with Crippen LogP contribution in [0.3, 0.4) is 0 Å². The lowest BCUT2D eigenvalue weighted by atomic mass is 9.79. The molecule has 1 spiro atoms. The van der Waals surface area contributed by atoms with E-state index in [1.165, 1.54) is 11.3 Å². The number of nitrogens with two attached hydrogens (primary N) is 1. The summed E-state index contributed by atoms with van der Waals surface area (Å²) < 4.78 is 8.50. The third-order valence-corrected chi connectivity index (χ3v) is 6.64. The van der Waals surface area contributed by atoms with Gasteiger partial charge in [-0.2, -0.15) is 0 Å². The van der Waals surface area contributed by atoms with Crippen LogP contribution in [0.15, 0.2) is 12.3 Å². The maximum absolute atomic E-state index is 11.0. The van der Waals surface area contributed by atoms with Gasteiger partial charge in [0.1, 0.15) is 11.7 Å². The van der Waals surface area contributed by atoms with Crippen molar-refractivity contribution in [3.05, 3.63) is 32.7 Å². The van der Waals surface area contributed by atoms with Crippen molar-refractivity contribution in [1.82, 2.24) is 20.3 Å². The predicted molar refractivity (Wildman–Crippen MR) is 100 cm³/mol. The largest absolute Gasteiger partial charge is 0.386 e. The van der Waals surface area contributed by atoms with Crippen molar-refractivity contribution in [2.45, 2.75) is 56.5 Å². The molecule has 8 nitrogen and oxygen atoms in total. The molecular weight excluding hydrogens is 390 g/mol. The van der Waals surface area contributed by atoms with Gasteiger partial charge in [0.05, 0.1) is 35.4 Å². The predicted octanol–water partition coefficient (Wildman–Crippen LogP) is 1.64. The summed E-state index contributed by atoms with van der Waals surface area (Å²) in [6.07, 6.45) is 2.87. The number of nitrogens with one attached hydrogen (secondary N) is 1. The third-order valence-electron chi connectivity index (χ3n) is 5.18. The third kappa shape index (κ3) is 3.62. The highest BCUT2D eigenvalue weighted by atomic mass is 35.5. The van der Waals surface area contributed by atoms with Crippen molar-refractivity contribution < 1.29 is 14.6 Å². The number of hydrogen-bond acceptors (Lipinski definition) is 7. The van der Waals surface area contributed by atoms with Crippen LogP contribution < -0.4 is 11.1 Å². The normalized spacial score (nSPS) is 30.4. The van der Waals surface area contributed by atoms with Crippen LogP contribution in [0, 0.1) is 0 Å². The molecule has 2 aromatic heterocycles. The minimum Gasteiger partial charge on any atom is -0.386 e. The Balaban J connectivity index is 1.61. The maximum atomic E-state index is 11.0. The number of primary amides is 1. The number of amides is 1. The van der Waals surface area contributed by atoms with Crippen LogP contribution >= 0.6 is 22.9 Å². The lowest BCUT2D eigenvalue weighted by Gasteiger charge is -2.46. The summed E-state index contributed by atoms with van der Waals surface area (Å²) in [6.45, 7) is 2.77. The number of halogens is 1. The minimum absolute atomic E-state index is 0.0555. The average molecular weight is 412 g/mol. The van der Waals surface area contributed by atoms with Crippen molar-refractivity contribution in [2.75, 3.05) is 6.61 Å². The van der Waals surface area contributed by atoms with E-state index in [0.717, 1.165) is 22.6 Å². The van der Waals surface area contributed by atoms with Crippen LogP contribution in [0.2, 0.25) is 4.34 Å². The number of hydrogen-bond donors (Lipinski definition) is 3. The van der Waals surface area contributed by atoms with Crippen molar-refractivity contribution in [2.24, 2.45) is 5.73 Å². The van der Waals surface area contributed by atoms with Gasteiger partial charge in [-0.25, -0.2) is 0 Å². The summed E-state index contributed by atoms with van der Waals surface area (Å²) in [5.41, 5.74) is 6.36. The zero-order chi connectivity index (χ0) is 19.2. The van der Waals surface area contributed by atoms with Crippen molar-refractivity contribution >= 4 is 28.8 Å². The van der Waals surface area contributed by atoms with Gasteiger partial charge in [-0.05, 0) is 19.4 Å². The van der Waals surface area contributed by atoms with E-state index in [0.29, 0.717) is 17.3 Å². The zero-order valence-corrected chi connectivity index (χ0v) is 16.5. The number of aliphatic hydroxyl groups is 1. The Labute approximate surface area is 165 Å². The Kier molecular flexibility index (Phi) is 4.98. The molecule has 4 heterocycles. The minimum atomic E-state index is -0.646. The number of rotatable bonds is 4. The van der Waals surface area contributed by atoms with Crippen LogP contribution in [0.4, 0.5) is 0 Å². The van der Waals surface area contributed by atoms with Gasteiger partial charge in [0.2, 0.25) is 5.91 Å². The Morgan fingerprint density at radius 2 is 2.41 bits per heavy atom. The number of thiophene rings is 1. The SMILES string of the molecule is C[C@H]1C[C@@]2(C[C@@H](c3cn(CCC(N)=O)nn3)N1)OC[C@@H](O)c1cc(Cl)sc12. The topological polar surface area (TPSA) is 115 Å². The fourth-order valence-electron chi connectivity index (χ4n) is 4.04. The van der Waals surface area contributed by atoms with Crippen LogP contribution in [-0.4, -0.2) is 38.7 Å².